The maximum atomic E-state index is 13.9. The van der Waals surface area contributed by atoms with E-state index in [4.69, 9.17) is 27.9 Å². The van der Waals surface area contributed by atoms with E-state index in [9.17, 15) is 14.4 Å². The summed E-state index contributed by atoms with van der Waals surface area (Å²) in [6.45, 7) is 0. The molecule has 3 amide bonds. The standard InChI is InChI=1S/C28H21Cl2N3O4/c1-37-20-8-6-18(7-9-20)31-26(34)25-23-22(24-21-5-3-2-4-15(21)10-11-32(24)25)27(35)33(28(23)36)19-13-16(29)12-17(30)14-19/h2-14,22-25H,1H3,(H,31,34)/t22-,23-,24+,25-/m0/s1. The minimum Gasteiger partial charge on any atom is -0.497 e. The largest absolute Gasteiger partial charge is 0.497 e. The van der Waals surface area contributed by atoms with Crippen LogP contribution in [-0.4, -0.2) is 35.8 Å². The molecule has 6 rings (SSSR count). The Kier molecular flexibility index (Phi) is 5.70. The van der Waals surface area contributed by atoms with Crippen LogP contribution in [0, 0.1) is 11.8 Å². The van der Waals surface area contributed by atoms with Crippen LogP contribution in [0.15, 0.2) is 72.9 Å². The van der Waals surface area contributed by atoms with Gasteiger partial charge in [0, 0.05) is 21.9 Å². The summed E-state index contributed by atoms with van der Waals surface area (Å²) in [6.07, 6.45) is 3.72. The van der Waals surface area contributed by atoms with E-state index < -0.39 is 29.8 Å². The number of benzene rings is 3. The first kappa shape index (κ1) is 23.6. The van der Waals surface area contributed by atoms with Crippen LogP contribution >= 0.6 is 23.2 Å². The molecule has 0 unspecified atom stereocenters. The molecule has 3 heterocycles. The summed E-state index contributed by atoms with van der Waals surface area (Å²) in [7, 11) is 1.56. The fraction of sp³-hybridized carbons (Fsp3) is 0.179. The van der Waals surface area contributed by atoms with E-state index >= 15 is 0 Å². The number of fused-ring (bicyclic) bond motifs is 5. The Morgan fingerprint density at radius 3 is 2.30 bits per heavy atom. The van der Waals surface area contributed by atoms with Crippen molar-refractivity contribution in [2.45, 2.75) is 12.1 Å². The van der Waals surface area contributed by atoms with Gasteiger partial charge in [-0.05, 0) is 59.7 Å². The lowest BCUT2D eigenvalue weighted by molar-refractivity contribution is -0.128. The number of ether oxygens (including phenoxy) is 1. The molecule has 0 radical (unpaired) electrons. The van der Waals surface area contributed by atoms with Crippen molar-refractivity contribution < 1.29 is 19.1 Å². The highest BCUT2D eigenvalue weighted by atomic mass is 35.5. The Morgan fingerprint density at radius 2 is 1.59 bits per heavy atom. The topological polar surface area (TPSA) is 79.0 Å². The summed E-state index contributed by atoms with van der Waals surface area (Å²) in [5, 5.41) is 3.53. The normalized spacial score (nSPS) is 23.5. The quantitative estimate of drug-likeness (QED) is 0.469. The van der Waals surface area contributed by atoms with Crippen LogP contribution in [-0.2, 0) is 14.4 Å². The second kappa shape index (κ2) is 8.94. The van der Waals surface area contributed by atoms with Gasteiger partial charge in [0.1, 0.15) is 11.8 Å². The van der Waals surface area contributed by atoms with Crippen molar-refractivity contribution in [3.63, 3.8) is 0 Å². The van der Waals surface area contributed by atoms with Gasteiger partial charge in [-0.1, -0.05) is 47.5 Å². The van der Waals surface area contributed by atoms with Gasteiger partial charge in [0.05, 0.1) is 30.7 Å². The smallest absolute Gasteiger partial charge is 0.247 e. The highest BCUT2D eigenvalue weighted by Gasteiger charge is 2.64. The molecule has 2 saturated heterocycles. The molecule has 0 bridgehead atoms. The maximum Gasteiger partial charge on any atom is 0.247 e. The number of nitrogens with zero attached hydrogens (tertiary/aromatic N) is 2. The summed E-state index contributed by atoms with van der Waals surface area (Å²) in [4.78, 5) is 44.5. The Bertz CT molecular complexity index is 1450. The second-order valence-corrected chi connectivity index (χ2v) is 10.1. The van der Waals surface area contributed by atoms with Crippen LogP contribution < -0.4 is 15.0 Å². The van der Waals surface area contributed by atoms with Gasteiger partial charge in [0.15, 0.2) is 0 Å². The van der Waals surface area contributed by atoms with Crippen molar-refractivity contribution in [3.8, 4) is 5.75 Å². The average molecular weight is 534 g/mol. The number of methoxy groups -OCH3 is 1. The zero-order valence-corrected chi connectivity index (χ0v) is 21.1. The van der Waals surface area contributed by atoms with Crippen molar-refractivity contribution >= 4 is 58.4 Å². The third kappa shape index (κ3) is 3.77. The molecule has 0 aromatic heterocycles. The maximum absolute atomic E-state index is 13.9. The van der Waals surface area contributed by atoms with Gasteiger partial charge < -0.3 is 15.0 Å². The van der Waals surface area contributed by atoms with Crippen LogP contribution in [0.3, 0.4) is 0 Å². The summed E-state index contributed by atoms with van der Waals surface area (Å²) >= 11 is 12.4. The predicted octanol–water partition coefficient (Wildman–Crippen LogP) is 5.16. The molecule has 2 fully saturated rings. The van der Waals surface area contributed by atoms with Crippen molar-refractivity contribution in [3.05, 3.63) is 94.1 Å². The highest BCUT2D eigenvalue weighted by molar-refractivity contribution is 6.36. The van der Waals surface area contributed by atoms with E-state index in [2.05, 4.69) is 5.32 Å². The van der Waals surface area contributed by atoms with E-state index in [-0.39, 0.29) is 11.8 Å². The molecule has 1 N–H and O–H groups in total. The SMILES string of the molecule is COc1ccc(NC(=O)[C@@H]2[C@H]3C(=O)N(c4cc(Cl)cc(Cl)c4)C(=O)[C@@H]3[C@H]3c4ccccc4C=CN23)cc1. The fourth-order valence-corrected chi connectivity index (χ4v) is 6.19. The summed E-state index contributed by atoms with van der Waals surface area (Å²) < 4.78 is 5.19. The molecule has 0 saturated carbocycles. The number of rotatable bonds is 4. The molecular weight excluding hydrogens is 513 g/mol. The van der Waals surface area contributed by atoms with Crippen LogP contribution in [0.1, 0.15) is 17.2 Å². The second-order valence-electron chi connectivity index (χ2n) is 9.19. The molecule has 3 aromatic rings. The first-order chi connectivity index (χ1) is 17.9. The lowest BCUT2D eigenvalue weighted by Crippen LogP contribution is -2.46. The van der Waals surface area contributed by atoms with Crippen molar-refractivity contribution in [1.29, 1.82) is 0 Å². The lowest BCUT2D eigenvalue weighted by atomic mass is 9.84. The van der Waals surface area contributed by atoms with E-state index in [0.29, 0.717) is 27.2 Å². The fourth-order valence-electron chi connectivity index (χ4n) is 5.67. The van der Waals surface area contributed by atoms with E-state index in [1.165, 1.54) is 18.2 Å². The molecule has 0 spiro atoms. The van der Waals surface area contributed by atoms with Crippen LogP contribution in [0.25, 0.3) is 6.08 Å². The van der Waals surface area contributed by atoms with Gasteiger partial charge in [-0.25, -0.2) is 4.90 Å². The van der Waals surface area contributed by atoms with Gasteiger partial charge in [-0.2, -0.15) is 0 Å². The Labute approximate surface area is 223 Å². The number of hydrogen-bond donors (Lipinski definition) is 1. The summed E-state index contributed by atoms with van der Waals surface area (Å²) in [5.41, 5.74) is 2.69. The third-order valence-electron chi connectivity index (χ3n) is 7.19. The highest BCUT2D eigenvalue weighted by Crippen LogP contribution is 2.53. The molecule has 4 atom stereocenters. The Balaban J connectivity index is 1.43. The first-order valence-electron chi connectivity index (χ1n) is 11.7. The molecule has 3 aliphatic rings. The number of anilines is 2. The van der Waals surface area contributed by atoms with Crippen molar-refractivity contribution in [1.82, 2.24) is 4.90 Å². The number of amides is 3. The Morgan fingerprint density at radius 1 is 0.919 bits per heavy atom. The summed E-state index contributed by atoms with van der Waals surface area (Å²) in [6, 6.07) is 17.9. The van der Waals surface area contributed by atoms with E-state index in [1.807, 2.05) is 41.4 Å². The van der Waals surface area contributed by atoms with Gasteiger partial charge in [-0.3, -0.25) is 14.4 Å². The minimum atomic E-state index is -0.905. The Hall–Kier alpha value is -3.81. The van der Waals surface area contributed by atoms with Crippen LogP contribution in [0.2, 0.25) is 10.0 Å². The lowest BCUT2D eigenvalue weighted by Gasteiger charge is -2.35. The zero-order valence-electron chi connectivity index (χ0n) is 19.6. The van der Waals surface area contributed by atoms with Gasteiger partial charge in [-0.15, -0.1) is 0 Å². The number of nitrogens with one attached hydrogen (secondary N) is 1. The molecule has 37 heavy (non-hydrogen) atoms. The van der Waals surface area contributed by atoms with E-state index in [1.54, 1.807) is 31.4 Å². The van der Waals surface area contributed by atoms with Crippen LogP contribution in [0.5, 0.6) is 5.75 Å². The number of carbonyl (C=O) groups excluding carboxylic acids is 3. The van der Waals surface area contributed by atoms with Crippen LogP contribution in [0.4, 0.5) is 11.4 Å². The van der Waals surface area contributed by atoms with Gasteiger partial charge in [0.25, 0.3) is 0 Å². The van der Waals surface area contributed by atoms with Gasteiger partial charge >= 0.3 is 0 Å². The molecule has 186 valence electrons. The molecule has 3 aromatic carbocycles. The first-order valence-corrected chi connectivity index (χ1v) is 12.5. The molecule has 7 nitrogen and oxygen atoms in total. The van der Waals surface area contributed by atoms with Crippen molar-refractivity contribution in [2.24, 2.45) is 11.8 Å². The van der Waals surface area contributed by atoms with Gasteiger partial charge in [0.2, 0.25) is 17.7 Å². The van der Waals surface area contributed by atoms with E-state index in [0.717, 1.165) is 16.0 Å². The number of imide groups is 1. The molecular formula is C28H21Cl2N3O4. The summed E-state index contributed by atoms with van der Waals surface area (Å²) in [5.74, 6) is -2.22. The predicted molar refractivity (Wildman–Crippen MR) is 141 cm³/mol. The van der Waals surface area contributed by atoms with Crippen molar-refractivity contribution in [2.75, 3.05) is 17.3 Å². The zero-order chi connectivity index (χ0) is 25.8. The molecule has 3 aliphatic heterocycles. The molecule has 0 aliphatic carbocycles. The number of carbonyl (C=O) groups is 3. The monoisotopic (exact) mass is 533 g/mol. The third-order valence-corrected chi connectivity index (χ3v) is 7.63. The average Bonchev–Trinajstić information content (AvgIpc) is 3.36. The number of hydrogen-bond acceptors (Lipinski definition) is 5. The minimum absolute atomic E-state index is 0.294. The number of halogens is 2. The molecule has 9 heteroatoms.